The van der Waals surface area contributed by atoms with Crippen LogP contribution in [0.1, 0.15) is 46.0 Å². The summed E-state index contributed by atoms with van der Waals surface area (Å²) < 4.78 is 0. The standard InChI is InChI=1S/C11H20ClNO/c1-11(2)6-3-9(4-7-11)13-10(14)5-8-12/h9H,3-8H2,1-2H3,(H,13,14). The normalized spacial score (nSPS) is 21.9. The first-order valence-electron chi connectivity index (χ1n) is 5.39. The Morgan fingerprint density at radius 3 is 2.50 bits per heavy atom. The number of carbonyl (C=O) groups is 1. The molecule has 1 aliphatic carbocycles. The number of rotatable bonds is 3. The molecule has 1 fully saturated rings. The summed E-state index contributed by atoms with van der Waals surface area (Å²) in [7, 11) is 0. The second kappa shape index (κ2) is 5.01. The molecule has 0 aliphatic heterocycles. The van der Waals surface area contributed by atoms with E-state index in [4.69, 9.17) is 11.6 Å². The van der Waals surface area contributed by atoms with Crippen molar-refractivity contribution in [2.75, 3.05) is 5.88 Å². The first-order valence-corrected chi connectivity index (χ1v) is 5.92. The number of nitrogens with one attached hydrogen (secondary N) is 1. The van der Waals surface area contributed by atoms with Crippen LogP contribution in [-0.2, 0) is 4.79 Å². The van der Waals surface area contributed by atoms with E-state index in [1.807, 2.05) is 0 Å². The molecule has 0 atom stereocenters. The minimum Gasteiger partial charge on any atom is -0.353 e. The van der Waals surface area contributed by atoms with E-state index in [1.165, 1.54) is 12.8 Å². The number of amides is 1. The van der Waals surface area contributed by atoms with Crippen LogP contribution in [-0.4, -0.2) is 17.8 Å². The molecular formula is C11H20ClNO. The molecular weight excluding hydrogens is 198 g/mol. The molecule has 14 heavy (non-hydrogen) atoms. The largest absolute Gasteiger partial charge is 0.353 e. The van der Waals surface area contributed by atoms with Crippen LogP contribution in [0.4, 0.5) is 0 Å². The Morgan fingerprint density at radius 2 is 2.00 bits per heavy atom. The summed E-state index contributed by atoms with van der Waals surface area (Å²) in [5.74, 6) is 0.522. The Morgan fingerprint density at radius 1 is 1.43 bits per heavy atom. The van der Waals surface area contributed by atoms with Crippen LogP contribution in [0.2, 0.25) is 0 Å². The fraction of sp³-hybridized carbons (Fsp3) is 0.909. The average Bonchev–Trinajstić information content (AvgIpc) is 2.09. The van der Waals surface area contributed by atoms with Gasteiger partial charge >= 0.3 is 0 Å². The predicted molar refractivity (Wildman–Crippen MR) is 59.5 cm³/mol. The molecule has 82 valence electrons. The summed E-state index contributed by atoms with van der Waals surface area (Å²) in [5, 5.41) is 3.03. The molecule has 0 aromatic heterocycles. The molecule has 1 saturated carbocycles. The minimum absolute atomic E-state index is 0.102. The maximum Gasteiger partial charge on any atom is 0.221 e. The van der Waals surface area contributed by atoms with Gasteiger partial charge in [-0.3, -0.25) is 4.79 Å². The van der Waals surface area contributed by atoms with Crippen molar-refractivity contribution in [3.05, 3.63) is 0 Å². The van der Waals surface area contributed by atoms with Gasteiger partial charge in [-0.05, 0) is 31.1 Å². The van der Waals surface area contributed by atoms with Gasteiger partial charge in [0.1, 0.15) is 0 Å². The monoisotopic (exact) mass is 217 g/mol. The summed E-state index contributed by atoms with van der Waals surface area (Å²) in [4.78, 5) is 11.3. The van der Waals surface area contributed by atoms with E-state index in [2.05, 4.69) is 19.2 Å². The lowest BCUT2D eigenvalue weighted by Gasteiger charge is -2.34. The number of hydrogen-bond acceptors (Lipinski definition) is 1. The highest BCUT2D eigenvalue weighted by molar-refractivity contribution is 6.18. The van der Waals surface area contributed by atoms with Gasteiger partial charge in [-0.1, -0.05) is 13.8 Å². The lowest BCUT2D eigenvalue weighted by molar-refractivity contribution is -0.121. The van der Waals surface area contributed by atoms with Crippen molar-refractivity contribution in [1.29, 1.82) is 0 Å². The Kier molecular flexibility index (Phi) is 4.24. The van der Waals surface area contributed by atoms with Gasteiger partial charge in [0.05, 0.1) is 0 Å². The molecule has 1 N–H and O–H groups in total. The molecule has 1 aliphatic rings. The number of alkyl halides is 1. The lowest BCUT2D eigenvalue weighted by atomic mass is 9.75. The van der Waals surface area contributed by atoms with Gasteiger partial charge in [-0.15, -0.1) is 11.6 Å². The number of carbonyl (C=O) groups excluding carboxylic acids is 1. The molecule has 2 nitrogen and oxygen atoms in total. The van der Waals surface area contributed by atoms with E-state index in [0.29, 0.717) is 23.8 Å². The van der Waals surface area contributed by atoms with Gasteiger partial charge < -0.3 is 5.32 Å². The van der Waals surface area contributed by atoms with Crippen LogP contribution < -0.4 is 5.32 Å². The van der Waals surface area contributed by atoms with E-state index < -0.39 is 0 Å². The Hall–Kier alpha value is -0.240. The van der Waals surface area contributed by atoms with Crippen LogP contribution in [0.5, 0.6) is 0 Å². The molecule has 0 heterocycles. The Balaban J connectivity index is 2.25. The summed E-state index contributed by atoms with van der Waals surface area (Å²) in [6, 6.07) is 0.388. The molecule has 0 spiro atoms. The zero-order valence-corrected chi connectivity index (χ0v) is 9.86. The molecule has 3 heteroatoms. The van der Waals surface area contributed by atoms with Gasteiger partial charge in [0.2, 0.25) is 5.91 Å². The zero-order chi connectivity index (χ0) is 10.6. The van der Waals surface area contributed by atoms with Crippen LogP contribution in [0, 0.1) is 5.41 Å². The van der Waals surface area contributed by atoms with Gasteiger partial charge in [-0.25, -0.2) is 0 Å². The highest BCUT2D eigenvalue weighted by atomic mass is 35.5. The predicted octanol–water partition coefficient (Wildman–Crippen LogP) is 2.70. The third kappa shape index (κ3) is 3.87. The SMILES string of the molecule is CC1(C)CCC(NC(=O)CCCl)CC1. The van der Waals surface area contributed by atoms with Crippen molar-refractivity contribution < 1.29 is 4.79 Å². The third-order valence-electron chi connectivity index (χ3n) is 3.03. The molecule has 0 unspecified atom stereocenters. The van der Waals surface area contributed by atoms with E-state index in [9.17, 15) is 4.79 Å². The van der Waals surface area contributed by atoms with Crippen molar-refractivity contribution >= 4 is 17.5 Å². The topological polar surface area (TPSA) is 29.1 Å². The average molecular weight is 218 g/mol. The Bertz CT molecular complexity index is 193. The van der Waals surface area contributed by atoms with E-state index >= 15 is 0 Å². The second-order valence-corrected chi connectivity index (χ2v) is 5.32. The molecule has 0 bridgehead atoms. The van der Waals surface area contributed by atoms with E-state index in [1.54, 1.807) is 0 Å². The fourth-order valence-electron chi connectivity index (χ4n) is 1.93. The summed E-state index contributed by atoms with van der Waals surface area (Å²) in [6.07, 6.45) is 5.08. The molecule has 0 aromatic rings. The smallest absolute Gasteiger partial charge is 0.221 e. The van der Waals surface area contributed by atoms with E-state index in [-0.39, 0.29) is 5.91 Å². The lowest BCUT2D eigenvalue weighted by Crippen LogP contribution is -2.39. The van der Waals surface area contributed by atoms with Crippen molar-refractivity contribution in [3.63, 3.8) is 0 Å². The third-order valence-corrected chi connectivity index (χ3v) is 3.21. The van der Waals surface area contributed by atoms with Crippen LogP contribution in [0.15, 0.2) is 0 Å². The van der Waals surface area contributed by atoms with Gasteiger partial charge in [-0.2, -0.15) is 0 Å². The van der Waals surface area contributed by atoms with Gasteiger partial charge in [0.25, 0.3) is 0 Å². The van der Waals surface area contributed by atoms with E-state index in [0.717, 1.165) is 12.8 Å². The number of hydrogen-bond donors (Lipinski definition) is 1. The first-order chi connectivity index (χ1) is 6.53. The summed E-state index contributed by atoms with van der Waals surface area (Å²) in [6.45, 7) is 4.59. The zero-order valence-electron chi connectivity index (χ0n) is 9.11. The van der Waals surface area contributed by atoms with Crippen molar-refractivity contribution in [3.8, 4) is 0 Å². The fourth-order valence-corrected chi connectivity index (χ4v) is 2.10. The molecule has 1 amide bonds. The molecule has 0 aromatic carbocycles. The van der Waals surface area contributed by atoms with Gasteiger partial charge in [0, 0.05) is 18.3 Å². The molecule has 0 saturated heterocycles. The number of halogens is 1. The van der Waals surface area contributed by atoms with Crippen molar-refractivity contribution in [2.24, 2.45) is 5.41 Å². The maximum absolute atomic E-state index is 11.3. The van der Waals surface area contributed by atoms with Crippen LogP contribution >= 0.6 is 11.6 Å². The quantitative estimate of drug-likeness (QED) is 0.724. The maximum atomic E-state index is 11.3. The van der Waals surface area contributed by atoms with Gasteiger partial charge in [0.15, 0.2) is 0 Å². The van der Waals surface area contributed by atoms with Crippen molar-refractivity contribution in [2.45, 2.75) is 52.0 Å². The summed E-state index contributed by atoms with van der Waals surface area (Å²) >= 11 is 5.50. The molecule has 1 rings (SSSR count). The molecule has 0 radical (unpaired) electrons. The minimum atomic E-state index is 0.102. The second-order valence-electron chi connectivity index (χ2n) is 4.94. The highest BCUT2D eigenvalue weighted by Gasteiger charge is 2.27. The first kappa shape index (κ1) is 11.8. The van der Waals surface area contributed by atoms with Crippen LogP contribution in [0.25, 0.3) is 0 Å². The van der Waals surface area contributed by atoms with Crippen molar-refractivity contribution in [1.82, 2.24) is 5.32 Å². The van der Waals surface area contributed by atoms with Crippen LogP contribution in [0.3, 0.4) is 0 Å². The summed E-state index contributed by atoms with van der Waals surface area (Å²) in [5.41, 5.74) is 0.466. The Labute approximate surface area is 91.4 Å². The highest BCUT2D eigenvalue weighted by Crippen LogP contribution is 2.34.